The number of hydrogen-bond acceptors (Lipinski definition) is 4. The van der Waals surface area contributed by atoms with E-state index in [-0.39, 0.29) is 16.6 Å². The first-order valence-electron chi connectivity index (χ1n) is 12.5. The summed E-state index contributed by atoms with van der Waals surface area (Å²) in [5.74, 6) is -1.33. The Labute approximate surface area is 267 Å². The first-order chi connectivity index (χ1) is 20.1. The van der Waals surface area contributed by atoms with Gasteiger partial charge >= 0.3 is 0 Å². The molecular formula is C31H23Cl4N3O3S. The van der Waals surface area contributed by atoms with Crippen molar-refractivity contribution in [3.05, 3.63) is 128 Å². The normalized spacial score (nSPS) is 11.9. The first kappa shape index (κ1) is 31.5. The van der Waals surface area contributed by atoms with Crippen LogP contribution in [0.1, 0.15) is 22.8 Å². The Balaban J connectivity index is 1.51. The average Bonchev–Trinajstić information content (AvgIpc) is 2.97. The highest BCUT2D eigenvalue weighted by Crippen LogP contribution is 2.30. The second-order valence-electron chi connectivity index (χ2n) is 8.88. The summed E-state index contributed by atoms with van der Waals surface area (Å²) >= 11 is 26.0. The summed E-state index contributed by atoms with van der Waals surface area (Å²) in [6.45, 7) is 1.75. The van der Waals surface area contributed by atoms with Crippen molar-refractivity contribution in [3.63, 3.8) is 0 Å². The maximum Gasteiger partial charge on any atom is 0.272 e. The highest BCUT2D eigenvalue weighted by Gasteiger charge is 2.19. The fourth-order valence-electron chi connectivity index (χ4n) is 3.66. The van der Waals surface area contributed by atoms with Gasteiger partial charge in [0.2, 0.25) is 5.91 Å². The third-order valence-electron chi connectivity index (χ3n) is 5.77. The van der Waals surface area contributed by atoms with Gasteiger partial charge in [-0.1, -0.05) is 82.8 Å². The molecule has 0 fully saturated rings. The molecule has 11 heteroatoms. The first-order valence-corrected chi connectivity index (χ1v) is 14.9. The minimum absolute atomic E-state index is 0.0442. The molecule has 4 aromatic carbocycles. The lowest BCUT2D eigenvalue weighted by atomic mass is 10.1. The van der Waals surface area contributed by atoms with Crippen LogP contribution >= 0.6 is 58.2 Å². The van der Waals surface area contributed by atoms with Gasteiger partial charge in [0, 0.05) is 21.2 Å². The molecule has 0 radical (unpaired) electrons. The molecule has 0 aromatic heterocycles. The van der Waals surface area contributed by atoms with E-state index in [2.05, 4.69) is 16.0 Å². The van der Waals surface area contributed by atoms with Crippen LogP contribution in [0.3, 0.4) is 0 Å². The van der Waals surface area contributed by atoms with Crippen molar-refractivity contribution in [2.24, 2.45) is 0 Å². The second-order valence-corrected chi connectivity index (χ2v) is 11.9. The zero-order valence-electron chi connectivity index (χ0n) is 22.0. The molecule has 0 saturated heterocycles. The van der Waals surface area contributed by atoms with Crippen molar-refractivity contribution in [2.45, 2.75) is 17.1 Å². The average molecular weight is 659 g/mol. The van der Waals surface area contributed by atoms with Crippen molar-refractivity contribution < 1.29 is 14.4 Å². The molecule has 0 aliphatic carbocycles. The van der Waals surface area contributed by atoms with E-state index in [1.165, 1.54) is 17.8 Å². The van der Waals surface area contributed by atoms with E-state index in [4.69, 9.17) is 46.4 Å². The molecule has 214 valence electrons. The van der Waals surface area contributed by atoms with E-state index in [0.29, 0.717) is 37.6 Å². The molecule has 1 atom stereocenters. The number of carbonyl (C=O) groups is 3. The smallest absolute Gasteiger partial charge is 0.272 e. The van der Waals surface area contributed by atoms with Crippen molar-refractivity contribution in [3.8, 4) is 0 Å². The topological polar surface area (TPSA) is 87.3 Å². The van der Waals surface area contributed by atoms with Crippen LogP contribution in [-0.4, -0.2) is 23.0 Å². The van der Waals surface area contributed by atoms with E-state index >= 15 is 0 Å². The minimum atomic E-state index is -0.584. The van der Waals surface area contributed by atoms with Gasteiger partial charge < -0.3 is 16.0 Å². The van der Waals surface area contributed by atoms with E-state index in [9.17, 15) is 14.4 Å². The summed E-state index contributed by atoms with van der Waals surface area (Å²) in [5, 5.41) is 9.12. The standard InChI is InChI=1S/C31H23Cl4N3O3S/c1-18(29(39)37-26-16-21(32)13-14-24(26)33)42-23-11-6-10-22(17-23)36-31(41)27(15-20-9-5-12-25(34)28(20)35)38-30(40)19-7-3-2-4-8-19/h2-18H,1H3,(H,36,41)(H,37,39)(H,38,40)/b27-15+. The minimum Gasteiger partial charge on any atom is -0.324 e. The Kier molecular flexibility index (Phi) is 11.0. The van der Waals surface area contributed by atoms with Crippen LogP contribution in [0, 0.1) is 0 Å². The molecule has 0 aliphatic heterocycles. The Morgan fingerprint density at radius 3 is 2.29 bits per heavy atom. The molecule has 6 nitrogen and oxygen atoms in total. The van der Waals surface area contributed by atoms with Gasteiger partial charge in [-0.2, -0.15) is 0 Å². The predicted octanol–water partition coefficient (Wildman–Crippen LogP) is 8.83. The van der Waals surface area contributed by atoms with Crippen molar-refractivity contribution in [2.75, 3.05) is 10.6 Å². The molecule has 0 bridgehead atoms. The number of rotatable bonds is 9. The maximum atomic E-state index is 13.4. The third-order valence-corrected chi connectivity index (χ3v) is 8.26. The van der Waals surface area contributed by atoms with Crippen LogP contribution in [0.15, 0.2) is 102 Å². The number of halogens is 4. The SMILES string of the molecule is CC(Sc1cccc(NC(=O)/C(=C\c2cccc(Cl)c2Cl)NC(=O)c2ccccc2)c1)C(=O)Nc1cc(Cl)ccc1Cl. The largest absolute Gasteiger partial charge is 0.324 e. The van der Waals surface area contributed by atoms with Crippen molar-refractivity contribution >= 4 is 93.3 Å². The maximum absolute atomic E-state index is 13.4. The van der Waals surface area contributed by atoms with Gasteiger partial charge in [-0.15, -0.1) is 11.8 Å². The summed E-state index contributed by atoms with van der Waals surface area (Å²) in [6.07, 6.45) is 1.45. The van der Waals surface area contributed by atoms with Gasteiger partial charge in [-0.3, -0.25) is 14.4 Å². The predicted molar refractivity (Wildman–Crippen MR) is 174 cm³/mol. The fourth-order valence-corrected chi connectivity index (χ4v) is 5.29. The summed E-state index contributed by atoms with van der Waals surface area (Å²) in [6, 6.07) is 25.3. The molecular weight excluding hydrogens is 636 g/mol. The van der Waals surface area contributed by atoms with Crippen LogP contribution in [0.25, 0.3) is 6.08 Å². The molecule has 4 aromatic rings. The Morgan fingerprint density at radius 1 is 0.786 bits per heavy atom. The van der Waals surface area contributed by atoms with Crippen molar-refractivity contribution in [1.82, 2.24) is 5.32 Å². The Morgan fingerprint density at radius 2 is 1.52 bits per heavy atom. The zero-order valence-corrected chi connectivity index (χ0v) is 25.8. The summed E-state index contributed by atoms with van der Waals surface area (Å²) in [4.78, 5) is 39.9. The monoisotopic (exact) mass is 657 g/mol. The number of nitrogens with one attached hydrogen (secondary N) is 3. The van der Waals surface area contributed by atoms with Crippen LogP contribution in [0.4, 0.5) is 11.4 Å². The lowest BCUT2D eigenvalue weighted by Crippen LogP contribution is -2.30. The lowest BCUT2D eigenvalue weighted by molar-refractivity contribution is -0.115. The van der Waals surface area contributed by atoms with E-state index in [0.717, 1.165) is 4.90 Å². The van der Waals surface area contributed by atoms with E-state index in [1.54, 1.807) is 91.9 Å². The second kappa shape index (κ2) is 14.6. The van der Waals surface area contributed by atoms with E-state index in [1.807, 2.05) is 6.07 Å². The summed E-state index contributed by atoms with van der Waals surface area (Å²) in [7, 11) is 0. The van der Waals surface area contributed by atoms with Crippen LogP contribution in [0.2, 0.25) is 20.1 Å². The third kappa shape index (κ3) is 8.53. The van der Waals surface area contributed by atoms with Crippen molar-refractivity contribution in [1.29, 1.82) is 0 Å². The Bertz CT molecular complexity index is 1660. The van der Waals surface area contributed by atoms with Gasteiger partial charge in [-0.25, -0.2) is 0 Å². The fraction of sp³-hybridized carbons (Fsp3) is 0.0645. The van der Waals surface area contributed by atoms with Gasteiger partial charge in [0.25, 0.3) is 11.8 Å². The number of anilines is 2. The van der Waals surface area contributed by atoms with Gasteiger partial charge in [-0.05, 0) is 73.2 Å². The number of benzene rings is 4. The molecule has 3 amide bonds. The molecule has 0 saturated carbocycles. The zero-order chi connectivity index (χ0) is 30.2. The molecule has 0 aliphatic rings. The lowest BCUT2D eigenvalue weighted by Gasteiger charge is -2.15. The summed E-state index contributed by atoms with van der Waals surface area (Å²) < 4.78 is 0. The highest BCUT2D eigenvalue weighted by molar-refractivity contribution is 8.00. The van der Waals surface area contributed by atoms with Gasteiger partial charge in [0.05, 0.1) is 26.0 Å². The van der Waals surface area contributed by atoms with Crippen LogP contribution < -0.4 is 16.0 Å². The Hall–Kier alpha value is -3.46. The van der Waals surface area contributed by atoms with E-state index < -0.39 is 17.1 Å². The van der Waals surface area contributed by atoms with Gasteiger partial charge in [0.1, 0.15) is 5.70 Å². The number of hydrogen-bond donors (Lipinski definition) is 3. The van der Waals surface area contributed by atoms with Crippen LogP contribution in [0.5, 0.6) is 0 Å². The number of amides is 3. The highest BCUT2D eigenvalue weighted by atomic mass is 35.5. The molecule has 0 spiro atoms. The van der Waals surface area contributed by atoms with Crippen LogP contribution in [-0.2, 0) is 9.59 Å². The molecule has 3 N–H and O–H groups in total. The molecule has 4 rings (SSSR count). The molecule has 42 heavy (non-hydrogen) atoms. The number of carbonyl (C=O) groups excluding carboxylic acids is 3. The summed E-state index contributed by atoms with van der Waals surface area (Å²) in [5.41, 5.74) is 1.65. The molecule has 1 unspecified atom stereocenters. The van der Waals surface area contributed by atoms with Gasteiger partial charge in [0.15, 0.2) is 0 Å². The molecule has 0 heterocycles. The quantitative estimate of drug-likeness (QED) is 0.124. The number of thioether (sulfide) groups is 1.